The monoisotopic (exact) mass is 178 g/mol. The Morgan fingerprint density at radius 3 is 2.77 bits per heavy atom. The van der Waals surface area contributed by atoms with Crippen molar-refractivity contribution in [3.63, 3.8) is 0 Å². The first-order valence-corrected chi connectivity index (χ1v) is 3.60. The van der Waals surface area contributed by atoms with Gasteiger partial charge in [0, 0.05) is 12.6 Å². The molecule has 0 bridgehead atoms. The normalized spacial score (nSPS) is 9.00. The second-order valence-electron chi connectivity index (χ2n) is 2.49. The number of rotatable bonds is 1. The van der Waals surface area contributed by atoms with Gasteiger partial charge >= 0.3 is 0 Å². The van der Waals surface area contributed by atoms with Crippen molar-refractivity contribution in [3.8, 4) is 6.07 Å². The zero-order valence-electron chi connectivity index (χ0n) is 6.97. The highest BCUT2D eigenvalue weighted by molar-refractivity contribution is 5.88. The highest BCUT2D eigenvalue weighted by Crippen LogP contribution is 2.13. The third kappa shape index (κ3) is 2.27. The van der Waals surface area contributed by atoms with E-state index in [1.54, 1.807) is 6.07 Å². The fraction of sp³-hybridized carbons (Fsp3) is 0.111. The highest BCUT2D eigenvalue weighted by Gasteiger charge is 2.02. The van der Waals surface area contributed by atoms with Crippen molar-refractivity contribution in [1.29, 1.82) is 5.26 Å². The van der Waals surface area contributed by atoms with Crippen LogP contribution in [0.4, 0.5) is 10.1 Å². The van der Waals surface area contributed by atoms with Gasteiger partial charge in [-0.05, 0) is 18.2 Å². The van der Waals surface area contributed by atoms with E-state index in [0.717, 1.165) is 6.07 Å². The van der Waals surface area contributed by atoms with Crippen LogP contribution in [0.5, 0.6) is 0 Å². The van der Waals surface area contributed by atoms with E-state index < -0.39 is 5.82 Å². The predicted molar refractivity (Wildman–Crippen MR) is 45.4 cm³/mol. The molecule has 1 rings (SSSR count). The summed E-state index contributed by atoms with van der Waals surface area (Å²) >= 11 is 0. The molecule has 13 heavy (non-hydrogen) atoms. The molecule has 0 aliphatic carbocycles. The number of nitriles is 1. The summed E-state index contributed by atoms with van der Waals surface area (Å²) in [7, 11) is 0. The minimum atomic E-state index is -0.631. The molecule has 4 heteroatoms. The van der Waals surface area contributed by atoms with E-state index in [0.29, 0.717) is 5.69 Å². The average molecular weight is 178 g/mol. The SMILES string of the molecule is CC(=O)Nc1ccc(C#N)c(F)c1. The number of nitrogens with zero attached hydrogens (tertiary/aromatic N) is 1. The molecule has 3 nitrogen and oxygen atoms in total. The molecule has 1 amide bonds. The first-order chi connectivity index (χ1) is 6.13. The second-order valence-corrected chi connectivity index (χ2v) is 2.49. The third-order valence-electron chi connectivity index (χ3n) is 1.41. The van der Waals surface area contributed by atoms with E-state index in [1.165, 1.54) is 19.1 Å². The zero-order valence-corrected chi connectivity index (χ0v) is 6.97. The summed E-state index contributed by atoms with van der Waals surface area (Å²) in [6.45, 7) is 1.33. The molecule has 0 saturated heterocycles. The molecule has 0 heterocycles. The molecule has 0 aromatic heterocycles. The van der Waals surface area contributed by atoms with Crippen molar-refractivity contribution in [2.24, 2.45) is 0 Å². The van der Waals surface area contributed by atoms with Gasteiger partial charge in [0.25, 0.3) is 0 Å². The summed E-state index contributed by atoms with van der Waals surface area (Å²) in [6, 6.07) is 5.59. The summed E-state index contributed by atoms with van der Waals surface area (Å²) in [5.74, 6) is -0.905. The summed E-state index contributed by atoms with van der Waals surface area (Å²) in [4.78, 5) is 10.6. The molecule has 66 valence electrons. The van der Waals surface area contributed by atoms with Crippen LogP contribution in [0, 0.1) is 17.1 Å². The Morgan fingerprint density at radius 2 is 2.31 bits per heavy atom. The van der Waals surface area contributed by atoms with Gasteiger partial charge in [-0.3, -0.25) is 4.79 Å². The molecule has 0 spiro atoms. The Hall–Kier alpha value is -1.89. The smallest absolute Gasteiger partial charge is 0.221 e. The topological polar surface area (TPSA) is 52.9 Å². The van der Waals surface area contributed by atoms with E-state index in [-0.39, 0.29) is 11.5 Å². The minimum Gasteiger partial charge on any atom is -0.326 e. The minimum absolute atomic E-state index is 0.0332. The van der Waals surface area contributed by atoms with Crippen LogP contribution >= 0.6 is 0 Å². The highest BCUT2D eigenvalue weighted by atomic mass is 19.1. The van der Waals surface area contributed by atoms with Crippen LogP contribution in [0.15, 0.2) is 18.2 Å². The summed E-state index contributed by atoms with van der Waals surface area (Å²) < 4.78 is 12.9. The fourth-order valence-corrected chi connectivity index (χ4v) is 0.887. The van der Waals surface area contributed by atoms with Crippen molar-refractivity contribution in [3.05, 3.63) is 29.6 Å². The number of anilines is 1. The van der Waals surface area contributed by atoms with E-state index in [4.69, 9.17) is 5.26 Å². The number of hydrogen-bond donors (Lipinski definition) is 1. The molecule has 1 aromatic carbocycles. The van der Waals surface area contributed by atoms with Crippen LogP contribution in [0.3, 0.4) is 0 Å². The Balaban J connectivity index is 2.97. The van der Waals surface area contributed by atoms with Crippen LogP contribution in [0.2, 0.25) is 0 Å². The van der Waals surface area contributed by atoms with Crippen molar-refractivity contribution in [2.75, 3.05) is 5.32 Å². The quantitative estimate of drug-likeness (QED) is 0.710. The van der Waals surface area contributed by atoms with Gasteiger partial charge in [-0.2, -0.15) is 5.26 Å². The van der Waals surface area contributed by atoms with Gasteiger partial charge in [-0.25, -0.2) is 4.39 Å². The molecule has 0 saturated carbocycles. The van der Waals surface area contributed by atoms with Crippen LogP contribution in [-0.2, 0) is 4.79 Å². The van der Waals surface area contributed by atoms with E-state index in [1.807, 2.05) is 0 Å². The molecular formula is C9H7FN2O. The summed E-state index contributed by atoms with van der Waals surface area (Å²) in [5.41, 5.74) is 0.318. The van der Waals surface area contributed by atoms with Gasteiger partial charge < -0.3 is 5.32 Å². The van der Waals surface area contributed by atoms with Gasteiger partial charge in [-0.15, -0.1) is 0 Å². The third-order valence-corrected chi connectivity index (χ3v) is 1.41. The molecule has 0 fully saturated rings. The number of halogens is 1. The number of carbonyl (C=O) groups excluding carboxylic acids is 1. The molecule has 0 unspecified atom stereocenters. The van der Waals surface area contributed by atoms with Crippen molar-refractivity contribution < 1.29 is 9.18 Å². The van der Waals surface area contributed by atoms with Crippen LogP contribution in [0.1, 0.15) is 12.5 Å². The summed E-state index contributed by atoms with van der Waals surface area (Å²) in [5, 5.41) is 10.8. The standard InChI is InChI=1S/C9H7FN2O/c1-6(13)12-8-3-2-7(5-11)9(10)4-8/h2-4H,1H3,(H,12,13). The molecule has 0 atom stereocenters. The fourth-order valence-electron chi connectivity index (χ4n) is 0.887. The van der Waals surface area contributed by atoms with Gasteiger partial charge in [0.15, 0.2) is 0 Å². The molecule has 1 aromatic rings. The van der Waals surface area contributed by atoms with Crippen LogP contribution in [0.25, 0.3) is 0 Å². The molecule has 1 N–H and O–H groups in total. The maximum absolute atomic E-state index is 12.9. The Labute approximate surface area is 74.8 Å². The lowest BCUT2D eigenvalue weighted by molar-refractivity contribution is -0.114. The van der Waals surface area contributed by atoms with Crippen LogP contribution < -0.4 is 5.32 Å². The van der Waals surface area contributed by atoms with E-state index in [2.05, 4.69) is 5.32 Å². The van der Waals surface area contributed by atoms with Crippen molar-refractivity contribution in [1.82, 2.24) is 0 Å². The van der Waals surface area contributed by atoms with Gasteiger partial charge in [0.1, 0.15) is 11.9 Å². The summed E-state index contributed by atoms with van der Waals surface area (Å²) in [6.07, 6.45) is 0. The van der Waals surface area contributed by atoms with Crippen molar-refractivity contribution >= 4 is 11.6 Å². The Kier molecular flexibility index (Phi) is 2.60. The van der Waals surface area contributed by atoms with Gasteiger partial charge in [-0.1, -0.05) is 0 Å². The number of nitrogens with one attached hydrogen (secondary N) is 1. The number of benzene rings is 1. The molecule has 0 aliphatic heterocycles. The van der Waals surface area contributed by atoms with Crippen LogP contribution in [-0.4, -0.2) is 5.91 Å². The average Bonchev–Trinajstić information content (AvgIpc) is 2.03. The largest absolute Gasteiger partial charge is 0.326 e. The zero-order chi connectivity index (χ0) is 9.84. The second kappa shape index (κ2) is 3.68. The first kappa shape index (κ1) is 9.20. The first-order valence-electron chi connectivity index (χ1n) is 3.60. The Morgan fingerprint density at radius 1 is 1.62 bits per heavy atom. The van der Waals surface area contributed by atoms with E-state index in [9.17, 15) is 9.18 Å². The lowest BCUT2D eigenvalue weighted by Crippen LogP contribution is -2.05. The lowest BCUT2D eigenvalue weighted by Gasteiger charge is -2.01. The van der Waals surface area contributed by atoms with Gasteiger partial charge in [0.2, 0.25) is 5.91 Å². The number of amides is 1. The molecule has 0 aliphatic rings. The predicted octanol–water partition coefficient (Wildman–Crippen LogP) is 1.66. The maximum Gasteiger partial charge on any atom is 0.221 e. The van der Waals surface area contributed by atoms with Crippen molar-refractivity contribution in [2.45, 2.75) is 6.92 Å². The van der Waals surface area contributed by atoms with Gasteiger partial charge in [0.05, 0.1) is 5.56 Å². The lowest BCUT2D eigenvalue weighted by atomic mass is 10.2. The molecular weight excluding hydrogens is 171 g/mol. The number of carbonyl (C=O) groups is 1. The number of hydrogen-bond acceptors (Lipinski definition) is 2. The van der Waals surface area contributed by atoms with E-state index >= 15 is 0 Å². The molecule has 0 radical (unpaired) electrons. The maximum atomic E-state index is 12.9. The Bertz CT molecular complexity index is 382.